The number of thiophene rings is 1. The fourth-order valence-electron chi connectivity index (χ4n) is 1.89. The van der Waals surface area contributed by atoms with Crippen LogP contribution < -0.4 is 5.32 Å². The normalized spacial score (nSPS) is 12.8. The van der Waals surface area contributed by atoms with E-state index >= 15 is 0 Å². The molecule has 0 fully saturated rings. The van der Waals surface area contributed by atoms with Crippen molar-refractivity contribution in [3.63, 3.8) is 0 Å². The summed E-state index contributed by atoms with van der Waals surface area (Å²) in [5.41, 5.74) is 0.130. The molecule has 0 aliphatic rings. The first-order chi connectivity index (χ1) is 12.2. The molecule has 8 heteroatoms. The SMILES string of the molecule is C[C@H](NC(=O)OC(C)(C)C)C(=O)OCn1ccc(/C=C/c2cccs2)n1. The monoisotopic (exact) mass is 377 g/mol. The molecule has 1 amide bonds. The van der Waals surface area contributed by atoms with Gasteiger partial charge in [-0.2, -0.15) is 5.10 Å². The fourth-order valence-corrected chi connectivity index (χ4v) is 2.51. The lowest BCUT2D eigenvalue weighted by atomic mass is 10.2. The summed E-state index contributed by atoms with van der Waals surface area (Å²) in [6, 6.07) is 4.99. The van der Waals surface area contributed by atoms with Gasteiger partial charge in [-0.15, -0.1) is 11.3 Å². The Morgan fingerprint density at radius 3 is 2.77 bits per heavy atom. The largest absolute Gasteiger partial charge is 0.444 e. The van der Waals surface area contributed by atoms with Crippen LogP contribution in [0.1, 0.15) is 38.3 Å². The Morgan fingerprint density at radius 1 is 1.35 bits per heavy atom. The van der Waals surface area contributed by atoms with E-state index in [1.807, 2.05) is 35.7 Å². The smallest absolute Gasteiger partial charge is 0.408 e. The average Bonchev–Trinajstić information content (AvgIpc) is 3.20. The van der Waals surface area contributed by atoms with Crippen molar-refractivity contribution in [3.8, 4) is 0 Å². The van der Waals surface area contributed by atoms with E-state index in [1.54, 1.807) is 38.3 Å². The molecule has 1 N–H and O–H groups in total. The van der Waals surface area contributed by atoms with Crippen LogP contribution in [0.4, 0.5) is 4.79 Å². The minimum absolute atomic E-state index is 0.0357. The first-order valence-electron chi connectivity index (χ1n) is 8.14. The van der Waals surface area contributed by atoms with Crippen LogP contribution in [0.25, 0.3) is 12.2 Å². The zero-order valence-electron chi connectivity index (χ0n) is 15.3. The van der Waals surface area contributed by atoms with Gasteiger partial charge in [-0.3, -0.25) is 0 Å². The van der Waals surface area contributed by atoms with Crippen molar-refractivity contribution in [2.75, 3.05) is 0 Å². The number of hydrogen-bond donors (Lipinski definition) is 1. The van der Waals surface area contributed by atoms with E-state index in [0.29, 0.717) is 0 Å². The molecule has 0 saturated carbocycles. The highest BCUT2D eigenvalue weighted by atomic mass is 32.1. The van der Waals surface area contributed by atoms with Crippen molar-refractivity contribution in [1.82, 2.24) is 15.1 Å². The molecular weight excluding hydrogens is 354 g/mol. The first kappa shape index (κ1) is 19.7. The van der Waals surface area contributed by atoms with Crippen LogP contribution in [0, 0.1) is 0 Å². The Labute approximate surface area is 156 Å². The maximum absolute atomic E-state index is 12.0. The molecule has 0 aliphatic carbocycles. The van der Waals surface area contributed by atoms with Gasteiger partial charge in [0.25, 0.3) is 0 Å². The van der Waals surface area contributed by atoms with E-state index in [1.165, 1.54) is 11.6 Å². The lowest BCUT2D eigenvalue weighted by molar-refractivity contribution is -0.150. The molecule has 0 unspecified atom stereocenters. The number of rotatable bonds is 6. The van der Waals surface area contributed by atoms with Crippen molar-refractivity contribution in [2.45, 2.75) is 46.1 Å². The van der Waals surface area contributed by atoms with Crippen molar-refractivity contribution in [3.05, 3.63) is 40.3 Å². The van der Waals surface area contributed by atoms with Crippen LogP contribution in [-0.4, -0.2) is 33.5 Å². The third kappa shape index (κ3) is 6.72. The predicted octanol–water partition coefficient (Wildman–Crippen LogP) is 3.53. The Hall–Kier alpha value is -2.61. The molecule has 2 aromatic rings. The lowest BCUT2D eigenvalue weighted by Gasteiger charge is -2.21. The Morgan fingerprint density at radius 2 is 2.12 bits per heavy atom. The third-order valence-corrected chi connectivity index (χ3v) is 3.89. The zero-order chi connectivity index (χ0) is 19.2. The highest BCUT2D eigenvalue weighted by molar-refractivity contribution is 7.10. The van der Waals surface area contributed by atoms with Crippen molar-refractivity contribution >= 4 is 35.6 Å². The number of alkyl carbamates (subject to hydrolysis) is 1. The van der Waals surface area contributed by atoms with Gasteiger partial charge in [0.1, 0.15) is 11.6 Å². The van der Waals surface area contributed by atoms with Gasteiger partial charge in [0.15, 0.2) is 6.73 Å². The number of nitrogens with one attached hydrogen (secondary N) is 1. The molecule has 26 heavy (non-hydrogen) atoms. The van der Waals surface area contributed by atoms with Crippen LogP contribution in [-0.2, 0) is 21.0 Å². The van der Waals surface area contributed by atoms with Crippen molar-refractivity contribution in [2.24, 2.45) is 0 Å². The van der Waals surface area contributed by atoms with Gasteiger partial charge < -0.3 is 14.8 Å². The summed E-state index contributed by atoms with van der Waals surface area (Å²) in [4.78, 5) is 24.7. The number of carbonyl (C=O) groups is 2. The minimum atomic E-state index is -0.821. The second kappa shape index (κ2) is 8.66. The number of hydrogen-bond acceptors (Lipinski definition) is 6. The van der Waals surface area contributed by atoms with Gasteiger partial charge in [-0.05, 0) is 57.4 Å². The van der Waals surface area contributed by atoms with Crippen molar-refractivity contribution in [1.29, 1.82) is 0 Å². The highest BCUT2D eigenvalue weighted by Gasteiger charge is 2.21. The molecule has 140 valence electrons. The Bertz CT molecular complexity index is 760. The summed E-state index contributed by atoms with van der Waals surface area (Å²) in [5.74, 6) is -0.568. The molecule has 7 nitrogen and oxygen atoms in total. The quantitative estimate of drug-likeness (QED) is 0.779. The second-order valence-corrected chi connectivity index (χ2v) is 7.57. The number of nitrogens with zero attached hydrogens (tertiary/aromatic N) is 2. The summed E-state index contributed by atoms with van der Waals surface area (Å²) >= 11 is 1.64. The first-order valence-corrected chi connectivity index (χ1v) is 9.02. The molecule has 2 rings (SSSR count). The molecule has 0 spiro atoms. The maximum Gasteiger partial charge on any atom is 0.408 e. The molecular formula is C18H23N3O4S. The molecule has 0 bridgehead atoms. The average molecular weight is 377 g/mol. The molecule has 0 saturated heterocycles. The summed E-state index contributed by atoms with van der Waals surface area (Å²) in [6.45, 7) is 6.74. The lowest BCUT2D eigenvalue weighted by Crippen LogP contribution is -2.42. The number of esters is 1. The molecule has 0 aliphatic heterocycles. The van der Waals surface area contributed by atoms with Gasteiger partial charge in [0, 0.05) is 11.1 Å². The van der Waals surface area contributed by atoms with Crippen LogP contribution in [0.15, 0.2) is 29.8 Å². The van der Waals surface area contributed by atoms with E-state index in [-0.39, 0.29) is 6.73 Å². The van der Waals surface area contributed by atoms with Gasteiger partial charge in [-0.25, -0.2) is 14.3 Å². The zero-order valence-corrected chi connectivity index (χ0v) is 16.1. The molecule has 2 aromatic heterocycles. The number of aromatic nitrogens is 2. The number of ether oxygens (including phenoxy) is 2. The van der Waals surface area contributed by atoms with Crippen LogP contribution in [0.5, 0.6) is 0 Å². The minimum Gasteiger partial charge on any atom is -0.444 e. The van der Waals surface area contributed by atoms with Crippen molar-refractivity contribution < 1.29 is 19.1 Å². The van der Waals surface area contributed by atoms with E-state index in [2.05, 4.69) is 10.4 Å². The molecule has 0 radical (unpaired) electrons. The van der Waals surface area contributed by atoms with Gasteiger partial charge in [0.05, 0.1) is 5.69 Å². The second-order valence-electron chi connectivity index (χ2n) is 6.59. The van der Waals surface area contributed by atoms with Gasteiger partial charge in [-0.1, -0.05) is 6.07 Å². The van der Waals surface area contributed by atoms with E-state index in [0.717, 1.165) is 10.6 Å². The van der Waals surface area contributed by atoms with Crippen LogP contribution in [0.3, 0.4) is 0 Å². The van der Waals surface area contributed by atoms with Gasteiger partial charge in [0.2, 0.25) is 0 Å². The Kier molecular flexibility index (Phi) is 6.57. The van der Waals surface area contributed by atoms with Gasteiger partial charge >= 0.3 is 12.1 Å². The van der Waals surface area contributed by atoms with E-state index in [9.17, 15) is 9.59 Å². The fraction of sp³-hybridized carbons (Fsp3) is 0.389. The summed E-state index contributed by atoms with van der Waals surface area (Å²) in [5, 5.41) is 8.74. The summed E-state index contributed by atoms with van der Waals surface area (Å²) in [6.07, 6.45) is 4.91. The summed E-state index contributed by atoms with van der Waals surface area (Å²) < 4.78 is 11.8. The topological polar surface area (TPSA) is 82.5 Å². The predicted molar refractivity (Wildman–Crippen MR) is 100 cm³/mol. The number of amides is 1. The third-order valence-electron chi connectivity index (χ3n) is 3.05. The summed E-state index contributed by atoms with van der Waals surface area (Å²) in [7, 11) is 0. The Balaban J connectivity index is 1.79. The van der Waals surface area contributed by atoms with E-state index < -0.39 is 23.7 Å². The molecule has 1 atom stereocenters. The van der Waals surface area contributed by atoms with Crippen LogP contribution in [0.2, 0.25) is 0 Å². The van der Waals surface area contributed by atoms with E-state index in [4.69, 9.17) is 9.47 Å². The standard InChI is InChI=1S/C18H23N3O4S/c1-13(19-17(23)25-18(2,3)4)16(22)24-12-21-10-9-14(20-21)7-8-15-6-5-11-26-15/h5-11,13H,12H2,1-4H3,(H,19,23)/b8-7+/t13-/m0/s1. The highest BCUT2D eigenvalue weighted by Crippen LogP contribution is 2.12. The molecule has 0 aromatic carbocycles. The maximum atomic E-state index is 12.0. The molecule has 2 heterocycles. The van der Waals surface area contributed by atoms with Crippen LogP contribution >= 0.6 is 11.3 Å². The number of carbonyl (C=O) groups excluding carboxylic acids is 2.